The van der Waals surface area contributed by atoms with E-state index in [1.165, 1.54) is 10.9 Å². The minimum absolute atomic E-state index is 0.0524. The van der Waals surface area contributed by atoms with Gasteiger partial charge >= 0.3 is 6.18 Å². The van der Waals surface area contributed by atoms with Gasteiger partial charge in [-0.1, -0.05) is 5.21 Å². The molecule has 9 heteroatoms. The largest absolute Gasteiger partial charge is 0.433 e. The van der Waals surface area contributed by atoms with Crippen molar-refractivity contribution in [2.24, 2.45) is 0 Å². The number of nitrogens with zero attached hydrogens (tertiary/aromatic N) is 5. The fourth-order valence-electron chi connectivity index (χ4n) is 1.48. The zero-order valence-electron chi connectivity index (χ0n) is 10.1. The van der Waals surface area contributed by atoms with Crippen LogP contribution >= 0.6 is 0 Å². The Kier molecular flexibility index (Phi) is 3.84. The molecule has 0 bridgehead atoms. The molecule has 2 aromatic heterocycles. The molecule has 104 valence electrons. The maximum absolute atomic E-state index is 12.6. The monoisotopic (exact) mass is 282 g/mol. The van der Waals surface area contributed by atoms with Crippen molar-refractivity contribution in [1.29, 1.82) is 5.26 Å². The molecular weight excluding hydrogens is 273 g/mol. The molecule has 6 nitrogen and oxygen atoms in total. The Morgan fingerprint density at radius 1 is 1.35 bits per heavy atom. The zero-order valence-corrected chi connectivity index (χ0v) is 10.1. The fourth-order valence-corrected chi connectivity index (χ4v) is 1.48. The van der Waals surface area contributed by atoms with E-state index in [0.29, 0.717) is 6.54 Å². The molecule has 0 radical (unpaired) electrons. The lowest BCUT2D eigenvalue weighted by Gasteiger charge is -2.11. The van der Waals surface area contributed by atoms with Crippen molar-refractivity contribution in [3.63, 3.8) is 0 Å². The summed E-state index contributed by atoms with van der Waals surface area (Å²) in [6.45, 7) is 0.662. The van der Waals surface area contributed by atoms with E-state index in [-0.39, 0.29) is 17.9 Å². The van der Waals surface area contributed by atoms with Crippen molar-refractivity contribution < 1.29 is 13.2 Å². The van der Waals surface area contributed by atoms with Crippen LogP contribution in [0.25, 0.3) is 0 Å². The first-order valence-corrected chi connectivity index (χ1v) is 5.57. The van der Waals surface area contributed by atoms with Crippen LogP contribution in [0, 0.1) is 11.3 Å². The summed E-state index contributed by atoms with van der Waals surface area (Å²) < 4.78 is 39.2. The predicted molar refractivity (Wildman–Crippen MR) is 62.5 cm³/mol. The van der Waals surface area contributed by atoms with Gasteiger partial charge in [0.25, 0.3) is 0 Å². The average Bonchev–Trinajstić information content (AvgIpc) is 2.90. The van der Waals surface area contributed by atoms with Crippen molar-refractivity contribution in [2.45, 2.75) is 12.7 Å². The fraction of sp³-hybridized carbons (Fsp3) is 0.273. The Hall–Kier alpha value is -2.63. The summed E-state index contributed by atoms with van der Waals surface area (Å²) in [5, 5.41) is 18.9. The number of pyridine rings is 1. The Bertz CT molecular complexity index is 614. The number of halogens is 3. The number of aromatic nitrogens is 4. The van der Waals surface area contributed by atoms with Gasteiger partial charge in [-0.2, -0.15) is 18.4 Å². The number of nitrogens with one attached hydrogen (secondary N) is 1. The van der Waals surface area contributed by atoms with Gasteiger partial charge in [-0.3, -0.25) is 4.68 Å². The zero-order chi connectivity index (χ0) is 14.6. The summed E-state index contributed by atoms with van der Waals surface area (Å²) >= 11 is 0. The molecule has 0 saturated carbocycles. The van der Waals surface area contributed by atoms with Crippen molar-refractivity contribution in [1.82, 2.24) is 20.0 Å². The van der Waals surface area contributed by atoms with Gasteiger partial charge in [0.1, 0.15) is 17.6 Å². The molecule has 0 spiro atoms. The van der Waals surface area contributed by atoms with Crippen LogP contribution in [-0.2, 0) is 12.7 Å². The molecule has 2 heterocycles. The van der Waals surface area contributed by atoms with Gasteiger partial charge in [0.05, 0.1) is 18.3 Å². The highest BCUT2D eigenvalue weighted by atomic mass is 19.4. The molecule has 0 aliphatic carbocycles. The molecule has 0 aromatic carbocycles. The van der Waals surface area contributed by atoms with Gasteiger partial charge < -0.3 is 5.32 Å². The summed E-state index contributed by atoms with van der Waals surface area (Å²) in [4.78, 5) is 3.43. The average molecular weight is 282 g/mol. The van der Waals surface area contributed by atoms with E-state index in [1.807, 2.05) is 0 Å². The van der Waals surface area contributed by atoms with Crippen LogP contribution in [0.2, 0.25) is 0 Å². The molecule has 20 heavy (non-hydrogen) atoms. The molecular formula is C11H9F3N6. The molecule has 2 rings (SSSR count). The Labute approximate surface area is 111 Å². The summed E-state index contributed by atoms with van der Waals surface area (Å²) in [5.74, 6) is -0.0950. The van der Waals surface area contributed by atoms with Crippen LogP contribution in [0.15, 0.2) is 24.5 Å². The normalized spacial score (nSPS) is 11.1. The number of nitriles is 1. The van der Waals surface area contributed by atoms with Crippen LogP contribution < -0.4 is 5.32 Å². The van der Waals surface area contributed by atoms with E-state index in [9.17, 15) is 13.2 Å². The second-order valence-corrected chi connectivity index (χ2v) is 3.80. The molecule has 0 unspecified atom stereocenters. The maximum atomic E-state index is 12.6. The lowest BCUT2D eigenvalue weighted by atomic mass is 10.2. The van der Waals surface area contributed by atoms with Crippen LogP contribution in [0.1, 0.15) is 11.3 Å². The second kappa shape index (κ2) is 5.56. The first kappa shape index (κ1) is 13.8. The number of anilines is 1. The summed E-state index contributed by atoms with van der Waals surface area (Å²) in [6, 6.07) is 3.66. The highest BCUT2D eigenvalue weighted by molar-refractivity contribution is 5.52. The van der Waals surface area contributed by atoms with Crippen molar-refractivity contribution >= 4 is 5.82 Å². The lowest BCUT2D eigenvalue weighted by Crippen LogP contribution is -2.15. The van der Waals surface area contributed by atoms with Crippen molar-refractivity contribution in [2.75, 3.05) is 11.9 Å². The third-order valence-corrected chi connectivity index (χ3v) is 2.41. The molecule has 0 amide bonds. The molecule has 1 N–H and O–H groups in total. The molecule has 0 atom stereocenters. The van der Waals surface area contributed by atoms with Crippen LogP contribution in [0.4, 0.5) is 19.0 Å². The van der Waals surface area contributed by atoms with Crippen LogP contribution in [-0.4, -0.2) is 26.5 Å². The summed E-state index contributed by atoms with van der Waals surface area (Å²) in [6.07, 6.45) is -1.44. The quantitative estimate of drug-likeness (QED) is 0.922. The van der Waals surface area contributed by atoms with Gasteiger partial charge in [0, 0.05) is 12.7 Å². The van der Waals surface area contributed by atoms with Crippen molar-refractivity contribution in [3.8, 4) is 6.07 Å². The van der Waals surface area contributed by atoms with Gasteiger partial charge in [-0.15, -0.1) is 5.10 Å². The maximum Gasteiger partial charge on any atom is 0.433 e. The minimum Gasteiger partial charge on any atom is -0.367 e. The SMILES string of the molecule is N#Cc1ccc(C(F)(F)F)nc1NCCn1ccnn1. The second-order valence-electron chi connectivity index (χ2n) is 3.80. The van der Waals surface area contributed by atoms with E-state index in [1.54, 1.807) is 12.3 Å². The molecule has 0 aliphatic rings. The van der Waals surface area contributed by atoms with E-state index in [4.69, 9.17) is 5.26 Å². The summed E-state index contributed by atoms with van der Waals surface area (Å²) in [7, 11) is 0. The first-order valence-electron chi connectivity index (χ1n) is 5.57. The van der Waals surface area contributed by atoms with Gasteiger partial charge in [-0.25, -0.2) is 4.98 Å². The van der Waals surface area contributed by atoms with Gasteiger partial charge in [0.2, 0.25) is 0 Å². The van der Waals surface area contributed by atoms with Crippen LogP contribution in [0.3, 0.4) is 0 Å². The minimum atomic E-state index is -4.55. The topological polar surface area (TPSA) is 79.4 Å². The highest BCUT2D eigenvalue weighted by Gasteiger charge is 2.33. The summed E-state index contributed by atoms with van der Waals surface area (Å²) in [5.41, 5.74) is -0.989. The molecule has 2 aromatic rings. The molecule has 0 fully saturated rings. The van der Waals surface area contributed by atoms with E-state index < -0.39 is 11.9 Å². The van der Waals surface area contributed by atoms with Crippen molar-refractivity contribution in [3.05, 3.63) is 35.8 Å². The lowest BCUT2D eigenvalue weighted by molar-refractivity contribution is -0.141. The Morgan fingerprint density at radius 2 is 2.15 bits per heavy atom. The van der Waals surface area contributed by atoms with E-state index >= 15 is 0 Å². The third-order valence-electron chi connectivity index (χ3n) is 2.41. The Balaban J connectivity index is 2.11. The molecule has 0 saturated heterocycles. The number of hydrogen-bond donors (Lipinski definition) is 1. The first-order chi connectivity index (χ1) is 9.50. The highest BCUT2D eigenvalue weighted by Crippen LogP contribution is 2.29. The standard InChI is InChI=1S/C11H9F3N6/c12-11(13,14)9-2-1-8(7-15)10(18-9)16-3-5-20-6-4-17-19-20/h1-2,4,6H,3,5H2,(H,16,18). The Morgan fingerprint density at radius 3 is 2.75 bits per heavy atom. The number of rotatable bonds is 4. The van der Waals surface area contributed by atoms with Gasteiger partial charge in [0.15, 0.2) is 0 Å². The van der Waals surface area contributed by atoms with E-state index in [0.717, 1.165) is 12.1 Å². The third kappa shape index (κ3) is 3.23. The van der Waals surface area contributed by atoms with Crippen LogP contribution in [0.5, 0.6) is 0 Å². The van der Waals surface area contributed by atoms with E-state index in [2.05, 4.69) is 20.6 Å². The number of hydrogen-bond acceptors (Lipinski definition) is 5. The number of alkyl halides is 3. The molecule has 0 aliphatic heterocycles. The predicted octanol–water partition coefficient (Wildman–Crippen LogP) is 1.68. The smallest absolute Gasteiger partial charge is 0.367 e. The van der Waals surface area contributed by atoms with Gasteiger partial charge in [-0.05, 0) is 12.1 Å².